The third-order valence-corrected chi connectivity index (χ3v) is 2.58. The number of ether oxygens (including phenoxy) is 1. The van der Waals surface area contributed by atoms with E-state index in [1.54, 1.807) is 12.1 Å². The summed E-state index contributed by atoms with van der Waals surface area (Å²) in [6.07, 6.45) is 0.893. The molecule has 0 amide bonds. The quantitative estimate of drug-likeness (QED) is 0.586. The third-order valence-electron chi connectivity index (χ3n) is 2.58. The lowest BCUT2D eigenvalue weighted by molar-refractivity contribution is -0.385. The molecule has 0 atom stereocenters. The fourth-order valence-electron chi connectivity index (χ4n) is 1.80. The van der Waals surface area contributed by atoms with Crippen LogP contribution in [0, 0.1) is 10.1 Å². The second-order valence-corrected chi connectivity index (χ2v) is 3.48. The Bertz CT molecular complexity index is 404. The SMILES string of the molecule is COc1cc2c(cc1[N+](=O)[O-])CNCC2. The van der Waals surface area contributed by atoms with E-state index in [0.29, 0.717) is 12.3 Å². The minimum atomic E-state index is -0.409. The van der Waals surface area contributed by atoms with Crippen LogP contribution in [0.2, 0.25) is 0 Å². The largest absolute Gasteiger partial charge is 0.490 e. The van der Waals surface area contributed by atoms with Crippen LogP contribution in [0.5, 0.6) is 5.75 Å². The van der Waals surface area contributed by atoms with Crippen LogP contribution < -0.4 is 10.1 Å². The smallest absolute Gasteiger partial charge is 0.311 e. The van der Waals surface area contributed by atoms with Crippen molar-refractivity contribution in [2.75, 3.05) is 13.7 Å². The van der Waals surface area contributed by atoms with Gasteiger partial charge in [-0.25, -0.2) is 0 Å². The van der Waals surface area contributed by atoms with Crippen LogP contribution in [0.25, 0.3) is 0 Å². The van der Waals surface area contributed by atoms with E-state index in [1.165, 1.54) is 7.11 Å². The van der Waals surface area contributed by atoms with Gasteiger partial charge in [0.15, 0.2) is 5.75 Å². The van der Waals surface area contributed by atoms with Crippen LogP contribution in [0.4, 0.5) is 5.69 Å². The number of nitrogens with one attached hydrogen (secondary N) is 1. The van der Waals surface area contributed by atoms with Gasteiger partial charge in [-0.1, -0.05) is 0 Å². The molecule has 0 fully saturated rings. The molecule has 2 rings (SSSR count). The second-order valence-electron chi connectivity index (χ2n) is 3.48. The maximum atomic E-state index is 10.8. The number of rotatable bonds is 2. The lowest BCUT2D eigenvalue weighted by Gasteiger charge is -2.17. The van der Waals surface area contributed by atoms with Crippen molar-refractivity contribution < 1.29 is 9.66 Å². The highest BCUT2D eigenvalue weighted by Gasteiger charge is 2.20. The molecule has 0 spiro atoms. The summed E-state index contributed by atoms with van der Waals surface area (Å²) in [5.41, 5.74) is 2.17. The van der Waals surface area contributed by atoms with Gasteiger partial charge in [0.05, 0.1) is 12.0 Å². The van der Waals surface area contributed by atoms with Crippen molar-refractivity contribution in [1.82, 2.24) is 5.32 Å². The third kappa shape index (κ3) is 1.78. The van der Waals surface area contributed by atoms with E-state index in [9.17, 15) is 10.1 Å². The van der Waals surface area contributed by atoms with Crippen LogP contribution in [0.1, 0.15) is 11.1 Å². The average Bonchev–Trinajstić information content (AvgIpc) is 2.27. The Morgan fingerprint density at radius 3 is 2.93 bits per heavy atom. The molecule has 0 aliphatic carbocycles. The van der Waals surface area contributed by atoms with Crippen molar-refractivity contribution in [3.05, 3.63) is 33.4 Å². The Kier molecular flexibility index (Phi) is 2.55. The Labute approximate surface area is 87.2 Å². The van der Waals surface area contributed by atoms with Gasteiger partial charge in [0.25, 0.3) is 0 Å². The zero-order chi connectivity index (χ0) is 10.8. The fourth-order valence-corrected chi connectivity index (χ4v) is 1.80. The summed E-state index contributed by atoms with van der Waals surface area (Å²) in [5.74, 6) is 0.348. The van der Waals surface area contributed by atoms with Crippen LogP contribution in [-0.4, -0.2) is 18.6 Å². The van der Waals surface area contributed by atoms with Crippen LogP contribution in [-0.2, 0) is 13.0 Å². The van der Waals surface area contributed by atoms with E-state index in [4.69, 9.17) is 4.74 Å². The summed E-state index contributed by atoms with van der Waals surface area (Å²) in [4.78, 5) is 10.4. The van der Waals surface area contributed by atoms with Gasteiger partial charge in [0, 0.05) is 12.6 Å². The average molecular weight is 208 g/mol. The van der Waals surface area contributed by atoms with Crippen LogP contribution in [0.3, 0.4) is 0 Å². The number of hydrogen-bond acceptors (Lipinski definition) is 4. The first-order valence-electron chi connectivity index (χ1n) is 4.77. The van der Waals surface area contributed by atoms with Gasteiger partial charge in [-0.05, 0) is 30.2 Å². The first-order valence-corrected chi connectivity index (χ1v) is 4.77. The van der Waals surface area contributed by atoms with Gasteiger partial charge in [-0.3, -0.25) is 10.1 Å². The number of benzene rings is 1. The van der Waals surface area contributed by atoms with Gasteiger partial charge in [-0.2, -0.15) is 0 Å². The number of nitro benzene ring substituents is 1. The normalized spacial score (nSPS) is 14.5. The van der Waals surface area contributed by atoms with Crippen molar-refractivity contribution in [3.8, 4) is 5.75 Å². The number of nitrogens with zero attached hydrogens (tertiary/aromatic N) is 1. The molecule has 0 unspecified atom stereocenters. The molecule has 1 aliphatic heterocycles. The van der Waals surface area contributed by atoms with Crippen molar-refractivity contribution >= 4 is 5.69 Å². The first kappa shape index (κ1) is 9.92. The summed E-state index contributed by atoms with van der Waals surface area (Å²) >= 11 is 0. The lowest BCUT2D eigenvalue weighted by atomic mass is 10.00. The molecule has 1 heterocycles. The van der Waals surface area contributed by atoms with Gasteiger partial charge in [0.2, 0.25) is 0 Å². The molecular weight excluding hydrogens is 196 g/mol. The topological polar surface area (TPSA) is 64.4 Å². The monoisotopic (exact) mass is 208 g/mol. The highest BCUT2D eigenvalue weighted by atomic mass is 16.6. The predicted molar refractivity (Wildman–Crippen MR) is 55.1 cm³/mol. The molecule has 1 aliphatic rings. The molecular formula is C10H12N2O3. The first-order chi connectivity index (χ1) is 7.22. The molecule has 0 radical (unpaired) electrons. The number of nitro groups is 1. The summed E-state index contributed by atoms with van der Waals surface area (Å²) in [7, 11) is 1.45. The molecule has 1 aromatic rings. The molecule has 0 bridgehead atoms. The number of hydrogen-bond donors (Lipinski definition) is 1. The number of methoxy groups -OCH3 is 1. The van der Waals surface area contributed by atoms with Crippen molar-refractivity contribution in [2.45, 2.75) is 13.0 Å². The van der Waals surface area contributed by atoms with E-state index in [2.05, 4.69) is 5.32 Å². The molecule has 80 valence electrons. The highest BCUT2D eigenvalue weighted by molar-refractivity contribution is 5.52. The van der Waals surface area contributed by atoms with Crippen molar-refractivity contribution in [2.24, 2.45) is 0 Å². The Morgan fingerprint density at radius 2 is 2.27 bits per heavy atom. The zero-order valence-electron chi connectivity index (χ0n) is 8.45. The van der Waals surface area contributed by atoms with E-state index in [0.717, 1.165) is 24.1 Å². The van der Waals surface area contributed by atoms with Crippen molar-refractivity contribution in [1.29, 1.82) is 0 Å². The van der Waals surface area contributed by atoms with E-state index in [-0.39, 0.29) is 5.69 Å². The predicted octanol–water partition coefficient (Wildman–Crippen LogP) is 1.25. The van der Waals surface area contributed by atoms with Crippen LogP contribution in [0.15, 0.2) is 12.1 Å². The van der Waals surface area contributed by atoms with Gasteiger partial charge in [-0.15, -0.1) is 0 Å². The summed E-state index contributed by atoms with van der Waals surface area (Å²) in [6.45, 7) is 1.61. The van der Waals surface area contributed by atoms with E-state index >= 15 is 0 Å². The van der Waals surface area contributed by atoms with Gasteiger partial charge in [0.1, 0.15) is 0 Å². The highest BCUT2D eigenvalue weighted by Crippen LogP contribution is 2.31. The fraction of sp³-hybridized carbons (Fsp3) is 0.400. The number of fused-ring (bicyclic) bond motifs is 1. The Balaban J connectivity index is 2.51. The summed E-state index contributed by atoms with van der Waals surface area (Å²) in [5, 5.41) is 14.0. The summed E-state index contributed by atoms with van der Waals surface area (Å²) < 4.78 is 5.01. The standard InChI is InChI=1S/C10H12N2O3/c1-15-10-5-7-2-3-11-6-8(7)4-9(10)12(13)14/h4-5,11H,2-3,6H2,1H3. The molecule has 1 N–H and O–H groups in total. The second kappa shape index (κ2) is 3.86. The maximum Gasteiger partial charge on any atom is 0.311 e. The molecule has 5 heteroatoms. The Morgan fingerprint density at radius 1 is 1.47 bits per heavy atom. The maximum absolute atomic E-state index is 10.8. The van der Waals surface area contributed by atoms with Gasteiger partial charge >= 0.3 is 5.69 Å². The molecule has 5 nitrogen and oxygen atoms in total. The molecule has 15 heavy (non-hydrogen) atoms. The molecule has 0 saturated carbocycles. The zero-order valence-corrected chi connectivity index (χ0v) is 8.45. The van der Waals surface area contributed by atoms with E-state index < -0.39 is 4.92 Å². The van der Waals surface area contributed by atoms with E-state index in [1.807, 2.05) is 0 Å². The molecule has 0 aromatic heterocycles. The Hall–Kier alpha value is -1.62. The minimum absolute atomic E-state index is 0.0416. The minimum Gasteiger partial charge on any atom is -0.490 e. The van der Waals surface area contributed by atoms with Crippen LogP contribution >= 0.6 is 0 Å². The molecule has 0 saturated heterocycles. The van der Waals surface area contributed by atoms with Crippen molar-refractivity contribution in [3.63, 3.8) is 0 Å². The molecule has 1 aromatic carbocycles. The van der Waals surface area contributed by atoms with Gasteiger partial charge < -0.3 is 10.1 Å². The summed E-state index contributed by atoms with van der Waals surface area (Å²) in [6, 6.07) is 3.37. The lowest BCUT2D eigenvalue weighted by Crippen LogP contribution is -2.23.